The highest BCUT2D eigenvalue weighted by Crippen LogP contribution is 2.55. The number of nitrogens with zero attached hydrogens (tertiary/aromatic N) is 2. The van der Waals surface area contributed by atoms with Crippen LogP contribution in [0, 0.1) is 23.7 Å². The van der Waals surface area contributed by atoms with E-state index in [0.29, 0.717) is 0 Å². The lowest BCUT2D eigenvalue weighted by Crippen LogP contribution is -2.59. The van der Waals surface area contributed by atoms with Gasteiger partial charge in [0.05, 0.1) is 0 Å². The van der Waals surface area contributed by atoms with Crippen molar-refractivity contribution in [2.75, 3.05) is 33.2 Å². The van der Waals surface area contributed by atoms with Crippen LogP contribution in [0.25, 0.3) is 0 Å². The molecule has 96 valence electrons. The van der Waals surface area contributed by atoms with Gasteiger partial charge in [-0.05, 0) is 62.8 Å². The summed E-state index contributed by atoms with van der Waals surface area (Å²) in [7, 11) is 2.27. The molecule has 4 saturated carbocycles. The van der Waals surface area contributed by atoms with Gasteiger partial charge in [0.2, 0.25) is 0 Å². The molecule has 0 amide bonds. The van der Waals surface area contributed by atoms with Crippen LogP contribution in [0.1, 0.15) is 32.1 Å². The zero-order chi connectivity index (χ0) is 11.4. The fourth-order valence-electron chi connectivity index (χ4n) is 5.61. The van der Waals surface area contributed by atoms with Crippen LogP contribution in [0.5, 0.6) is 0 Å². The molecule has 1 heterocycles. The van der Waals surface area contributed by atoms with Crippen molar-refractivity contribution in [1.82, 2.24) is 9.80 Å². The predicted octanol–water partition coefficient (Wildman–Crippen LogP) is 2.06. The Morgan fingerprint density at radius 3 is 1.76 bits per heavy atom. The predicted molar refractivity (Wildman–Crippen MR) is 69.9 cm³/mol. The molecule has 0 atom stereocenters. The minimum absolute atomic E-state index is 0.983. The van der Waals surface area contributed by atoms with E-state index in [1.54, 1.807) is 32.1 Å². The third-order valence-electron chi connectivity index (χ3n) is 6.14. The van der Waals surface area contributed by atoms with E-state index in [0.717, 1.165) is 29.7 Å². The van der Waals surface area contributed by atoms with Gasteiger partial charge in [0.1, 0.15) is 0 Å². The molecule has 2 heteroatoms. The zero-order valence-corrected chi connectivity index (χ0v) is 11.1. The fraction of sp³-hybridized carbons (Fsp3) is 1.00. The standard InChI is InChI=1S/C15H26N2/c1-16-2-4-17(5-3-16)15-13-7-11-6-12(9-13)10-14(15)8-11/h11-15H,2-10H2,1H3. The van der Waals surface area contributed by atoms with Crippen LogP contribution in [-0.2, 0) is 0 Å². The maximum Gasteiger partial charge on any atom is 0.0153 e. The van der Waals surface area contributed by atoms with E-state index < -0.39 is 0 Å². The van der Waals surface area contributed by atoms with E-state index in [1.807, 2.05) is 0 Å². The third-order valence-corrected chi connectivity index (χ3v) is 6.14. The largest absolute Gasteiger partial charge is 0.304 e. The molecule has 0 unspecified atom stereocenters. The Balaban J connectivity index is 1.50. The van der Waals surface area contributed by atoms with Crippen molar-refractivity contribution in [3.05, 3.63) is 0 Å². The van der Waals surface area contributed by atoms with E-state index in [9.17, 15) is 0 Å². The average Bonchev–Trinajstić information content (AvgIpc) is 2.30. The highest BCUT2D eigenvalue weighted by molar-refractivity contribution is 5.02. The fourth-order valence-corrected chi connectivity index (χ4v) is 5.61. The van der Waals surface area contributed by atoms with Gasteiger partial charge in [-0.1, -0.05) is 0 Å². The molecule has 1 saturated heterocycles. The SMILES string of the molecule is CN1CCN(C2C3CC4CC(C3)CC2C4)CC1. The summed E-state index contributed by atoms with van der Waals surface area (Å²) < 4.78 is 0. The molecular weight excluding hydrogens is 208 g/mol. The van der Waals surface area contributed by atoms with Gasteiger partial charge in [0.25, 0.3) is 0 Å². The molecule has 0 aromatic heterocycles. The van der Waals surface area contributed by atoms with Crippen molar-refractivity contribution in [2.45, 2.75) is 38.1 Å². The molecule has 5 fully saturated rings. The minimum atomic E-state index is 0.983. The molecular formula is C15H26N2. The van der Waals surface area contributed by atoms with Gasteiger partial charge >= 0.3 is 0 Å². The zero-order valence-electron chi connectivity index (χ0n) is 11.1. The molecule has 1 aliphatic heterocycles. The molecule has 0 aromatic rings. The van der Waals surface area contributed by atoms with Crippen LogP contribution >= 0.6 is 0 Å². The van der Waals surface area contributed by atoms with Crippen LogP contribution in [0.3, 0.4) is 0 Å². The number of piperazine rings is 1. The van der Waals surface area contributed by atoms with Gasteiger partial charge < -0.3 is 4.90 Å². The van der Waals surface area contributed by atoms with Gasteiger partial charge in [-0.3, -0.25) is 4.90 Å². The van der Waals surface area contributed by atoms with Crippen molar-refractivity contribution >= 4 is 0 Å². The lowest BCUT2D eigenvalue weighted by molar-refractivity contribution is -0.0749. The Kier molecular flexibility index (Phi) is 2.52. The summed E-state index contributed by atoms with van der Waals surface area (Å²) in [6.07, 6.45) is 7.88. The highest BCUT2D eigenvalue weighted by Gasteiger charge is 2.50. The van der Waals surface area contributed by atoms with Crippen LogP contribution < -0.4 is 0 Å². The normalized spacial score (nSPS) is 51.0. The quantitative estimate of drug-likeness (QED) is 0.685. The van der Waals surface area contributed by atoms with E-state index in [1.165, 1.54) is 26.2 Å². The van der Waals surface area contributed by atoms with Gasteiger partial charge in [-0.2, -0.15) is 0 Å². The van der Waals surface area contributed by atoms with Crippen molar-refractivity contribution in [3.63, 3.8) is 0 Å². The molecule has 0 radical (unpaired) electrons. The van der Waals surface area contributed by atoms with Crippen LogP contribution in [0.15, 0.2) is 0 Å². The molecule has 5 aliphatic rings. The summed E-state index contributed by atoms with van der Waals surface area (Å²) in [6.45, 7) is 5.26. The van der Waals surface area contributed by atoms with Crippen LogP contribution in [0.2, 0.25) is 0 Å². The summed E-state index contributed by atoms with van der Waals surface area (Å²) >= 11 is 0. The van der Waals surface area contributed by atoms with Gasteiger partial charge in [-0.25, -0.2) is 0 Å². The van der Waals surface area contributed by atoms with Crippen molar-refractivity contribution in [3.8, 4) is 0 Å². The number of rotatable bonds is 1. The van der Waals surface area contributed by atoms with E-state index in [-0.39, 0.29) is 0 Å². The first-order chi connectivity index (χ1) is 8.29. The summed E-state index contributed by atoms with van der Waals surface area (Å²) in [5.41, 5.74) is 0. The topological polar surface area (TPSA) is 6.48 Å². The van der Waals surface area contributed by atoms with E-state index in [2.05, 4.69) is 16.8 Å². The summed E-state index contributed by atoms with van der Waals surface area (Å²) in [6, 6.07) is 0.983. The number of hydrogen-bond acceptors (Lipinski definition) is 2. The van der Waals surface area contributed by atoms with Crippen molar-refractivity contribution in [2.24, 2.45) is 23.7 Å². The first-order valence-corrected chi connectivity index (χ1v) is 7.72. The minimum Gasteiger partial charge on any atom is -0.304 e. The first kappa shape index (κ1) is 10.8. The highest BCUT2D eigenvalue weighted by atomic mass is 15.3. The third kappa shape index (κ3) is 1.76. The molecule has 5 rings (SSSR count). The lowest BCUT2D eigenvalue weighted by atomic mass is 9.54. The second-order valence-corrected chi connectivity index (χ2v) is 7.26. The Morgan fingerprint density at radius 1 is 0.706 bits per heavy atom. The number of likely N-dealkylation sites (N-methyl/N-ethyl adjacent to an activating group) is 1. The molecule has 4 bridgehead atoms. The number of hydrogen-bond donors (Lipinski definition) is 0. The Labute approximate surface area is 105 Å². The molecule has 0 aromatic carbocycles. The second kappa shape index (κ2) is 3.96. The average molecular weight is 234 g/mol. The maximum absolute atomic E-state index is 2.87. The first-order valence-electron chi connectivity index (χ1n) is 7.72. The van der Waals surface area contributed by atoms with Crippen LogP contribution in [-0.4, -0.2) is 49.1 Å². The maximum atomic E-state index is 2.87. The molecule has 4 aliphatic carbocycles. The van der Waals surface area contributed by atoms with Gasteiger partial charge in [0, 0.05) is 32.2 Å². The summed E-state index contributed by atoms with van der Waals surface area (Å²) in [4.78, 5) is 5.36. The molecule has 17 heavy (non-hydrogen) atoms. The lowest BCUT2D eigenvalue weighted by Gasteiger charge is -2.58. The summed E-state index contributed by atoms with van der Waals surface area (Å²) in [5.74, 6) is 4.41. The van der Waals surface area contributed by atoms with Crippen LogP contribution in [0.4, 0.5) is 0 Å². The van der Waals surface area contributed by atoms with Gasteiger partial charge in [0.15, 0.2) is 0 Å². The molecule has 0 spiro atoms. The Bertz CT molecular complexity index is 265. The Morgan fingerprint density at radius 2 is 1.24 bits per heavy atom. The van der Waals surface area contributed by atoms with Gasteiger partial charge in [-0.15, -0.1) is 0 Å². The van der Waals surface area contributed by atoms with E-state index in [4.69, 9.17) is 0 Å². The second-order valence-electron chi connectivity index (χ2n) is 7.26. The van der Waals surface area contributed by atoms with Crippen molar-refractivity contribution in [1.29, 1.82) is 0 Å². The monoisotopic (exact) mass is 234 g/mol. The molecule has 2 nitrogen and oxygen atoms in total. The van der Waals surface area contributed by atoms with E-state index >= 15 is 0 Å². The van der Waals surface area contributed by atoms with Crippen molar-refractivity contribution < 1.29 is 0 Å². The Hall–Kier alpha value is -0.0800. The smallest absolute Gasteiger partial charge is 0.0153 e. The summed E-state index contributed by atoms with van der Waals surface area (Å²) in [5, 5.41) is 0. The molecule has 0 N–H and O–H groups in total.